The monoisotopic (exact) mass is 346 g/mol. The fourth-order valence-electron chi connectivity index (χ4n) is 2.41. The summed E-state index contributed by atoms with van der Waals surface area (Å²) in [6, 6.07) is 4.05. The van der Waals surface area contributed by atoms with E-state index in [-0.39, 0.29) is 21.4 Å². The lowest BCUT2D eigenvalue weighted by molar-refractivity contribution is 0.0596. The molecule has 1 aromatic carbocycles. The van der Waals surface area contributed by atoms with Crippen LogP contribution in [0.15, 0.2) is 23.1 Å². The molecule has 1 aliphatic heterocycles. The molecular weight excluding hydrogens is 328 g/mol. The lowest BCUT2D eigenvalue weighted by atomic mass is 10.0. The van der Waals surface area contributed by atoms with Crippen molar-refractivity contribution >= 4 is 27.6 Å². The van der Waals surface area contributed by atoms with Crippen molar-refractivity contribution in [3.05, 3.63) is 28.8 Å². The Bertz CT molecular complexity index is 642. The number of methoxy groups -OCH3 is 1. The molecule has 0 aromatic heterocycles. The quantitative estimate of drug-likeness (QED) is 0.787. The maximum atomic E-state index is 12.4. The summed E-state index contributed by atoms with van der Waals surface area (Å²) in [4.78, 5) is 11.6. The van der Waals surface area contributed by atoms with Crippen LogP contribution >= 0.6 is 11.6 Å². The van der Waals surface area contributed by atoms with Crippen molar-refractivity contribution in [1.29, 1.82) is 0 Å². The second-order valence-electron chi connectivity index (χ2n) is 5.20. The van der Waals surface area contributed by atoms with Gasteiger partial charge in [-0.1, -0.05) is 11.6 Å². The Morgan fingerprint density at radius 2 is 2.27 bits per heavy atom. The Hall–Kier alpha value is -1.15. The van der Waals surface area contributed by atoms with E-state index in [2.05, 4.69) is 14.8 Å². The highest BCUT2D eigenvalue weighted by molar-refractivity contribution is 7.89. The van der Waals surface area contributed by atoms with Crippen LogP contribution in [0.25, 0.3) is 0 Å². The van der Waals surface area contributed by atoms with Crippen molar-refractivity contribution in [3.63, 3.8) is 0 Å². The average molecular weight is 347 g/mol. The number of esters is 1. The normalized spacial score (nSPS) is 18.9. The highest BCUT2D eigenvalue weighted by Gasteiger charge is 2.24. The van der Waals surface area contributed by atoms with Gasteiger partial charge in [-0.15, -0.1) is 0 Å². The highest BCUT2D eigenvalue weighted by atomic mass is 35.5. The third-order valence-corrected chi connectivity index (χ3v) is 5.31. The van der Waals surface area contributed by atoms with Crippen molar-refractivity contribution in [1.82, 2.24) is 10.0 Å². The lowest BCUT2D eigenvalue weighted by Crippen LogP contribution is -2.38. The predicted molar refractivity (Wildman–Crippen MR) is 83.6 cm³/mol. The number of ether oxygens (including phenoxy) is 1. The molecule has 1 aromatic rings. The van der Waals surface area contributed by atoms with Gasteiger partial charge >= 0.3 is 5.97 Å². The maximum Gasteiger partial charge on any atom is 0.339 e. The molecule has 0 saturated carbocycles. The molecule has 0 amide bonds. The van der Waals surface area contributed by atoms with Gasteiger partial charge in [-0.25, -0.2) is 17.9 Å². The minimum absolute atomic E-state index is 0.0655. The average Bonchev–Trinajstić information content (AvgIpc) is 2.53. The minimum atomic E-state index is -3.80. The molecule has 2 N–H and O–H groups in total. The molecule has 6 nitrogen and oxygen atoms in total. The molecule has 1 atom stereocenters. The molecule has 0 spiro atoms. The summed E-state index contributed by atoms with van der Waals surface area (Å²) in [6.07, 6.45) is 2.00. The van der Waals surface area contributed by atoms with E-state index in [1.807, 2.05) is 0 Å². The topological polar surface area (TPSA) is 84.5 Å². The Morgan fingerprint density at radius 3 is 2.91 bits per heavy atom. The van der Waals surface area contributed by atoms with Crippen molar-refractivity contribution < 1.29 is 17.9 Å². The number of piperidine rings is 1. The van der Waals surface area contributed by atoms with E-state index in [4.69, 9.17) is 11.6 Å². The number of hydrogen-bond acceptors (Lipinski definition) is 5. The number of halogens is 1. The molecule has 1 unspecified atom stereocenters. The Morgan fingerprint density at radius 1 is 1.50 bits per heavy atom. The molecule has 1 aliphatic rings. The van der Waals surface area contributed by atoms with Gasteiger partial charge < -0.3 is 10.1 Å². The second kappa shape index (κ2) is 7.41. The van der Waals surface area contributed by atoms with Crippen molar-refractivity contribution in [3.8, 4) is 0 Å². The van der Waals surface area contributed by atoms with Crippen molar-refractivity contribution in [2.75, 3.05) is 26.7 Å². The molecule has 2 rings (SSSR count). The summed E-state index contributed by atoms with van der Waals surface area (Å²) in [7, 11) is -2.60. The number of benzene rings is 1. The first-order chi connectivity index (χ1) is 10.4. The number of sulfonamides is 1. The summed E-state index contributed by atoms with van der Waals surface area (Å²) in [5.41, 5.74) is -0.0655. The van der Waals surface area contributed by atoms with Crippen LogP contribution in [0.3, 0.4) is 0 Å². The van der Waals surface area contributed by atoms with Crippen molar-refractivity contribution in [2.45, 2.75) is 17.7 Å². The zero-order valence-electron chi connectivity index (χ0n) is 12.3. The summed E-state index contributed by atoms with van der Waals surface area (Å²) in [5, 5.41) is 3.50. The Labute approximate surface area is 135 Å². The van der Waals surface area contributed by atoms with Gasteiger partial charge in [-0.2, -0.15) is 0 Å². The van der Waals surface area contributed by atoms with Crippen LogP contribution in [0.4, 0.5) is 0 Å². The zero-order valence-corrected chi connectivity index (χ0v) is 13.8. The van der Waals surface area contributed by atoms with Gasteiger partial charge in [-0.3, -0.25) is 0 Å². The van der Waals surface area contributed by atoms with Crippen LogP contribution in [0.1, 0.15) is 23.2 Å². The van der Waals surface area contributed by atoms with Gasteiger partial charge in [0.2, 0.25) is 10.0 Å². The molecule has 0 radical (unpaired) electrons. The van der Waals surface area contributed by atoms with Crippen LogP contribution in [-0.2, 0) is 14.8 Å². The van der Waals surface area contributed by atoms with Gasteiger partial charge in [0.25, 0.3) is 0 Å². The third kappa shape index (κ3) is 4.19. The maximum absolute atomic E-state index is 12.4. The van der Waals surface area contributed by atoms with E-state index in [0.29, 0.717) is 6.54 Å². The molecule has 22 heavy (non-hydrogen) atoms. The van der Waals surface area contributed by atoms with Crippen LogP contribution in [0.5, 0.6) is 0 Å². The first kappa shape index (κ1) is 17.2. The highest BCUT2D eigenvalue weighted by Crippen LogP contribution is 2.21. The first-order valence-corrected chi connectivity index (χ1v) is 8.88. The largest absolute Gasteiger partial charge is 0.465 e. The fourth-order valence-corrected chi connectivity index (χ4v) is 3.87. The number of rotatable bonds is 5. The van der Waals surface area contributed by atoms with E-state index in [1.165, 1.54) is 25.3 Å². The number of hydrogen-bond donors (Lipinski definition) is 2. The molecule has 122 valence electrons. The van der Waals surface area contributed by atoms with E-state index >= 15 is 0 Å². The molecule has 0 bridgehead atoms. The molecule has 1 fully saturated rings. The summed E-state index contributed by atoms with van der Waals surface area (Å²) in [6.45, 7) is 2.08. The molecule has 0 aliphatic carbocycles. The fraction of sp³-hybridized carbons (Fsp3) is 0.500. The number of carbonyl (C=O) groups is 1. The third-order valence-electron chi connectivity index (χ3n) is 3.60. The minimum Gasteiger partial charge on any atom is -0.465 e. The van der Waals surface area contributed by atoms with Gasteiger partial charge in [0.1, 0.15) is 0 Å². The Balaban J connectivity index is 2.19. The van der Waals surface area contributed by atoms with Crippen molar-refractivity contribution in [2.24, 2.45) is 5.92 Å². The molecule has 1 heterocycles. The lowest BCUT2D eigenvalue weighted by Gasteiger charge is -2.23. The van der Waals surface area contributed by atoms with Gasteiger partial charge in [0.15, 0.2) is 0 Å². The summed E-state index contributed by atoms with van der Waals surface area (Å²) >= 11 is 5.84. The predicted octanol–water partition coefficient (Wildman–Crippen LogP) is 1.40. The zero-order chi connectivity index (χ0) is 16.2. The number of nitrogens with one attached hydrogen (secondary N) is 2. The summed E-state index contributed by atoms with van der Waals surface area (Å²) in [5.74, 6) is -0.486. The second-order valence-corrected chi connectivity index (χ2v) is 7.37. The first-order valence-electron chi connectivity index (χ1n) is 7.02. The van der Waals surface area contributed by atoms with E-state index in [1.54, 1.807) is 0 Å². The SMILES string of the molecule is COC(=O)c1cc(Cl)ccc1S(=O)(=O)NCC1CCCNC1. The van der Waals surface area contributed by atoms with Gasteiger partial charge in [0, 0.05) is 11.6 Å². The van der Waals surface area contributed by atoms with E-state index in [0.717, 1.165) is 25.9 Å². The van der Waals surface area contributed by atoms with Crippen LogP contribution in [0, 0.1) is 5.92 Å². The van der Waals surface area contributed by atoms with Gasteiger partial charge in [0.05, 0.1) is 17.6 Å². The van der Waals surface area contributed by atoms with Crippen LogP contribution < -0.4 is 10.0 Å². The summed E-state index contributed by atoms with van der Waals surface area (Å²) < 4.78 is 32.1. The molecule has 8 heteroatoms. The smallest absolute Gasteiger partial charge is 0.339 e. The molecule has 1 saturated heterocycles. The van der Waals surface area contributed by atoms with Crippen LogP contribution in [0.2, 0.25) is 5.02 Å². The van der Waals surface area contributed by atoms with E-state index in [9.17, 15) is 13.2 Å². The number of carbonyl (C=O) groups excluding carboxylic acids is 1. The van der Waals surface area contributed by atoms with E-state index < -0.39 is 16.0 Å². The standard InChI is InChI=1S/C14H19ClN2O4S/c1-21-14(18)12-7-11(15)4-5-13(12)22(19,20)17-9-10-3-2-6-16-8-10/h4-5,7,10,16-17H,2-3,6,8-9H2,1H3. The molecular formula is C14H19ClN2O4S. The Kier molecular flexibility index (Phi) is 5.80. The van der Waals surface area contributed by atoms with Gasteiger partial charge in [-0.05, 0) is 50.0 Å². The van der Waals surface area contributed by atoms with Crippen LogP contribution in [-0.4, -0.2) is 41.1 Å².